The average molecular weight is 268 g/mol. The molecule has 2 atom stereocenters. The molecule has 19 heavy (non-hydrogen) atoms. The summed E-state index contributed by atoms with van der Waals surface area (Å²) in [6, 6.07) is 1.66. The lowest BCUT2D eigenvalue weighted by Crippen LogP contribution is -2.50. The molecule has 4 heteroatoms. The molecule has 1 saturated heterocycles. The molecule has 2 N–H and O–H groups in total. The fraction of sp³-hybridized carbons (Fsp3) is 0.933. The van der Waals surface area contributed by atoms with Crippen LogP contribution in [0, 0.1) is 0 Å². The molecule has 1 heterocycles. The highest BCUT2D eigenvalue weighted by Gasteiger charge is 2.32. The number of hydrogen-bond acceptors (Lipinski definition) is 3. The van der Waals surface area contributed by atoms with Gasteiger partial charge in [0.1, 0.15) is 0 Å². The first kappa shape index (κ1) is 14.8. The number of rotatable bonds is 4. The normalized spacial score (nSPS) is 31.0. The van der Waals surface area contributed by atoms with Gasteiger partial charge in [0.2, 0.25) is 0 Å². The molecular formula is C15H28N2O2. The second kappa shape index (κ2) is 7.25. The molecule has 2 aliphatic rings. The third kappa shape index (κ3) is 4.18. The number of nitrogens with zero attached hydrogens (tertiary/aromatic N) is 1. The van der Waals surface area contributed by atoms with E-state index in [0.717, 1.165) is 19.5 Å². The monoisotopic (exact) mass is 268 g/mol. The summed E-state index contributed by atoms with van der Waals surface area (Å²) < 4.78 is 0. The van der Waals surface area contributed by atoms with E-state index in [1.165, 1.54) is 38.5 Å². The quantitative estimate of drug-likeness (QED) is 0.821. The molecule has 1 aliphatic carbocycles. The van der Waals surface area contributed by atoms with Crippen LogP contribution in [0.15, 0.2) is 0 Å². The highest BCUT2D eigenvalue weighted by Crippen LogP contribution is 2.28. The van der Waals surface area contributed by atoms with Crippen LogP contribution in [-0.2, 0) is 4.79 Å². The van der Waals surface area contributed by atoms with Crippen LogP contribution in [0.4, 0.5) is 0 Å². The van der Waals surface area contributed by atoms with Gasteiger partial charge in [-0.15, -0.1) is 0 Å². The largest absolute Gasteiger partial charge is 0.481 e. The Hall–Kier alpha value is -0.610. The number of carboxylic acids is 1. The molecule has 0 spiro atoms. The Morgan fingerprint density at radius 2 is 2.00 bits per heavy atom. The summed E-state index contributed by atoms with van der Waals surface area (Å²) in [5.74, 6) is -0.666. The van der Waals surface area contributed by atoms with E-state index in [1.807, 2.05) is 0 Å². The predicted octanol–water partition coefficient (Wildman–Crippen LogP) is 2.24. The van der Waals surface area contributed by atoms with Gasteiger partial charge in [-0.2, -0.15) is 0 Å². The van der Waals surface area contributed by atoms with Gasteiger partial charge >= 0.3 is 5.97 Å². The molecule has 0 aromatic heterocycles. The summed E-state index contributed by atoms with van der Waals surface area (Å²) in [6.45, 7) is 4.33. The van der Waals surface area contributed by atoms with Crippen LogP contribution in [0.2, 0.25) is 0 Å². The molecular weight excluding hydrogens is 240 g/mol. The SMILES string of the molecule is CC1CCNCC(CCC(=O)O)N1C1CCCCC1. The standard InChI is InChI=1S/C15H28N2O2/c1-12-9-10-16-11-14(7-8-15(18)19)17(12)13-5-3-2-4-6-13/h12-14,16H,2-11H2,1H3,(H,18,19). The fourth-order valence-corrected chi connectivity index (χ4v) is 3.77. The second-order valence-electron chi connectivity index (χ2n) is 6.17. The van der Waals surface area contributed by atoms with Gasteiger partial charge < -0.3 is 10.4 Å². The summed E-state index contributed by atoms with van der Waals surface area (Å²) in [7, 11) is 0. The van der Waals surface area contributed by atoms with Crippen molar-refractivity contribution in [3.05, 3.63) is 0 Å². The smallest absolute Gasteiger partial charge is 0.303 e. The lowest BCUT2D eigenvalue weighted by Gasteiger charge is -2.42. The van der Waals surface area contributed by atoms with Crippen molar-refractivity contribution < 1.29 is 9.90 Å². The van der Waals surface area contributed by atoms with E-state index in [0.29, 0.717) is 24.5 Å². The third-order valence-corrected chi connectivity index (χ3v) is 4.74. The maximum Gasteiger partial charge on any atom is 0.303 e. The fourth-order valence-electron chi connectivity index (χ4n) is 3.77. The predicted molar refractivity (Wildman–Crippen MR) is 76.3 cm³/mol. The van der Waals surface area contributed by atoms with Crippen LogP contribution in [0.1, 0.15) is 58.3 Å². The Balaban J connectivity index is 2.03. The molecule has 0 amide bonds. The minimum absolute atomic E-state index is 0.294. The van der Waals surface area contributed by atoms with Gasteiger partial charge in [0, 0.05) is 31.1 Å². The summed E-state index contributed by atoms with van der Waals surface area (Å²) >= 11 is 0. The molecule has 1 saturated carbocycles. The summed E-state index contributed by atoms with van der Waals surface area (Å²) in [4.78, 5) is 13.5. The van der Waals surface area contributed by atoms with Gasteiger partial charge in [-0.25, -0.2) is 0 Å². The minimum Gasteiger partial charge on any atom is -0.481 e. The van der Waals surface area contributed by atoms with E-state index in [9.17, 15) is 4.79 Å². The van der Waals surface area contributed by atoms with Crippen LogP contribution in [0.5, 0.6) is 0 Å². The van der Waals surface area contributed by atoms with Crippen LogP contribution in [0.3, 0.4) is 0 Å². The Bertz CT molecular complexity index is 290. The number of aliphatic carboxylic acids is 1. The third-order valence-electron chi connectivity index (χ3n) is 4.74. The molecule has 0 radical (unpaired) electrons. The van der Waals surface area contributed by atoms with Crippen LogP contribution in [0.25, 0.3) is 0 Å². The lowest BCUT2D eigenvalue weighted by molar-refractivity contribution is -0.137. The molecule has 2 fully saturated rings. The van der Waals surface area contributed by atoms with E-state index >= 15 is 0 Å². The van der Waals surface area contributed by atoms with Gasteiger partial charge in [0.15, 0.2) is 0 Å². The van der Waals surface area contributed by atoms with Crippen molar-refractivity contribution in [2.75, 3.05) is 13.1 Å². The van der Waals surface area contributed by atoms with E-state index < -0.39 is 5.97 Å². The summed E-state index contributed by atoms with van der Waals surface area (Å²) in [5.41, 5.74) is 0. The maximum atomic E-state index is 10.9. The summed E-state index contributed by atoms with van der Waals surface area (Å²) in [5, 5.41) is 12.4. The van der Waals surface area contributed by atoms with E-state index in [1.54, 1.807) is 0 Å². The highest BCUT2D eigenvalue weighted by atomic mass is 16.4. The Labute approximate surface area is 116 Å². The van der Waals surface area contributed by atoms with Gasteiger partial charge in [0.05, 0.1) is 0 Å². The van der Waals surface area contributed by atoms with Gasteiger partial charge in [-0.3, -0.25) is 9.69 Å². The number of carbonyl (C=O) groups is 1. The van der Waals surface area contributed by atoms with Crippen LogP contribution < -0.4 is 5.32 Å². The molecule has 1 aliphatic heterocycles. The molecule has 110 valence electrons. The first-order valence-electron chi connectivity index (χ1n) is 7.88. The first-order valence-corrected chi connectivity index (χ1v) is 7.88. The first-order chi connectivity index (χ1) is 9.18. The lowest BCUT2D eigenvalue weighted by atomic mass is 9.91. The Kier molecular flexibility index (Phi) is 5.64. The van der Waals surface area contributed by atoms with Crippen molar-refractivity contribution in [1.29, 1.82) is 0 Å². The van der Waals surface area contributed by atoms with Crippen molar-refractivity contribution in [1.82, 2.24) is 10.2 Å². The van der Waals surface area contributed by atoms with Crippen LogP contribution in [-0.4, -0.2) is 47.2 Å². The second-order valence-corrected chi connectivity index (χ2v) is 6.17. The van der Waals surface area contributed by atoms with Gasteiger partial charge in [0.25, 0.3) is 0 Å². The topological polar surface area (TPSA) is 52.6 Å². The van der Waals surface area contributed by atoms with Crippen LogP contribution >= 0.6 is 0 Å². The number of nitrogens with one attached hydrogen (secondary N) is 1. The molecule has 4 nitrogen and oxygen atoms in total. The minimum atomic E-state index is -0.666. The maximum absolute atomic E-state index is 10.9. The van der Waals surface area contributed by atoms with Crippen molar-refractivity contribution in [3.63, 3.8) is 0 Å². The van der Waals surface area contributed by atoms with Gasteiger partial charge in [-0.05, 0) is 39.2 Å². The van der Waals surface area contributed by atoms with Crippen molar-refractivity contribution >= 4 is 5.97 Å². The molecule has 0 bridgehead atoms. The Morgan fingerprint density at radius 1 is 1.26 bits per heavy atom. The summed E-state index contributed by atoms with van der Waals surface area (Å²) in [6.07, 6.45) is 8.91. The van der Waals surface area contributed by atoms with E-state index in [2.05, 4.69) is 17.1 Å². The molecule has 0 aromatic rings. The highest BCUT2D eigenvalue weighted by molar-refractivity contribution is 5.66. The number of carboxylic acid groups (broad SMARTS) is 1. The van der Waals surface area contributed by atoms with E-state index in [4.69, 9.17) is 5.11 Å². The zero-order chi connectivity index (χ0) is 13.7. The Morgan fingerprint density at radius 3 is 2.68 bits per heavy atom. The number of hydrogen-bond donors (Lipinski definition) is 2. The molecule has 2 unspecified atom stereocenters. The van der Waals surface area contributed by atoms with Crippen molar-refractivity contribution in [2.24, 2.45) is 0 Å². The average Bonchev–Trinajstić information content (AvgIpc) is 2.59. The zero-order valence-corrected chi connectivity index (χ0v) is 12.1. The zero-order valence-electron chi connectivity index (χ0n) is 12.1. The van der Waals surface area contributed by atoms with Crippen molar-refractivity contribution in [2.45, 2.75) is 76.4 Å². The molecule has 0 aromatic carbocycles. The van der Waals surface area contributed by atoms with Gasteiger partial charge in [-0.1, -0.05) is 19.3 Å². The molecule has 2 rings (SSSR count). The van der Waals surface area contributed by atoms with E-state index in [-0.39, 0.29) is 0 Å². The van der Waals surface area contributed by atoms with Crippen molar-refractivity contribution in [3.8, 4) is 0 Å².